The van der Waals surface area contributed by atoms with Crippen molar-refractivity contribution >= 4 is 37.7 Å². The number of ketones is 1. The Morgan fingerprint density at radius 2 is 1.78 bits per heavy atom. The van der Waals surface area contributed by atoms with Crippen molar-refractivity contribution in [1.82, 2.24) is 4.72 Å². The second-order valence-corrected chi connectivity index (χ2v) is 8.20. The van der Waals surface area contributed by atoms with Crippen LogP contribution in [0.25, 0.3) is 0 Å². The third kappa shape index (κ3) is 5.88. The summed E-state index contributed by atoms with van der Waals surface area (Å²) in [4.78, 5) is 23.1. The van der Waals surface area contributed by atoms with Crippen molar-refractivity contribution in [1.29, 1.82) is 0 Å². The van der Waals surface area contributed by atoms with Gasteiger partial charge in [-0.3, -0.25) is 9.59 Å². The number of methoxy groups -OCH3 is 1. The van der Waals surface area contributed by atoms with Crippen LogP contribution in [0, 0.1) is 0 Å². The zero-order valence-electron chi connectivity index (χ0n) is 14.7. The first-order valence-electron chi connectivity index (χ1n) is 7.81. The van der Waals surface area contributed by atoms with E-state index < -0.39 is 22.5 Å². The summed E-state index contributed by atoms with van der Waals surface area (Å²) < 4.78 is 37.7. The van der Waals surface area contributed by atoms with E-state index in [1.807, 2.05) is 0 Å². The van der Waals surface area contributed by atoms with E-state index in [1.165, 1.54) is 38.3 Å². The zero-order valence-corrected chi connectivity index (χ0v) is 17.1. The Morgan fingerprint density at radius 1 is 1.11 bits per heavy atom. The number of hydrogen-bond donors (Lipinski definition) is 1. The molecule has 0 saturated heterocycles. The normalized spacial score (nSPS) is 11.1. The van der Waals surface area contributed by atoms with E-state index in [0.29, 0.717) is 16.9 Å². The molecule has 7 nitrogen and oxygen atoms in total. The Hall–Kier alpha value is -2.23. The average molecular weight is 456 g/mol. The molecule has 0 aliphatic carbocycles. The van der Waals surface area contributed by atoms with Gasteiger partial charge in [0.25, 0.3) is 0 Å². The Morgan fingerprint density at radius 3 is 2.37 bits per heavy atom. The van der Waals surface area contributed by atoms with Gasteiger partial charge in [0.15, 0.2) is 5.78 Å². The molecule has 0 aliphatic heterocycles. The molecule has 2 rings (SSSR count). The summed E-state index contributed by atoms with van der Waals surface area (Å²) >= 11 is 3.32. The van der Waals surface area contributed by atoms with Gasteiger partial charge in [0.1, 0.15) is 18.9 Å². The highest BCUT2D eigenvalue weighted by Gasteiger charge is 2.17. The molecule has 0 atom stereocenters. The minimum Gasteiger partial charge on any atom is -0.496 e. The lowest BCUT2D eigenvalue weighted by molar-refractivity contribution is -0.143. The minimum absolute atomic E-state index is 0.0473. The number of rotatable bonds is 8. The minimum atomic E-state index is -3.89. The molecule has 144 valence electrons. The van der Waals surface area contributed by atoms with Crippen LogP contribution in [-0.2, 0) is 26.2 Å². The maximum Gasteiger partial charge on any atom is 0.321 e. The number of carbonyl (C=O) groups excluding carboxylic acids is 2. The monoisotopic (exact) mass is 455 g/mol. The number of nitrogens with one attached hydrogen (secondary N) is 1. The van der Waals surface area contributed by atoms with Crippen molar-refractivity contribution in [3.63, 3.8) is 0 Å². The number of ether oxygens (including phenoxy) is 2. The Kier molecular flexibility index (Phi) is 7.11. The van der Waals surface area contributed by atoms with E-state index in [9.17, 15) is 18.0 Å². The Balaban J connectivity index is 1.94. The van der Waals surface area contributed by atoms with Gasteiger partial charge in [-0.05, 0) is 37.3 Å². The molecule has 0 amide bonds. The summed E-state index contributed by atoms with van der Waals surface area (Å²) in [6.45, 7) is 0.807. The summed E-state index contributed by atoms with van der Waals surface area (Å²) in [5.74, 6) is -0.350. The maximum atomic E-state index is 12.2. The SMILES string of the molecule is COc1ccc(Br)cc1COC(=O)CNS(=O)(=O)c1ccc(C(C)=O)cc1. The molecule has 9 heteroatoms. The van der Waals surface area contributed by atoms with Crippen molar-refractivity contribution in [2.75, 3.05) is 13.7 Å². The number of Topliss-reactive ketones (excluding diaryl/α,β-unsaturated/α-hetero) is 1. The lowest BCUT2D eigenvalue weighted by Crippen LogP contribution is -2.30. The van der Waals surface area contributed by atoms with E-state index in [0.717, 1.165) is 4.47 Å². The van der Waals surface area contributed by atoms with Gasteiger partial charge in [-0.25, -0.2) is 8.42 Å². The predicted molar refractivity (Wildman–Crippen MR) is 102 cm³/mol. The molecule has 1 N–H and O–H groups in total. The molecule has 0 bridgehead atoms. The van der Waals surface area contributed by atoms with Crippen LogP contribution in [0.3, 0.4) is 0 Å². The van der Waals surface area contributed by atoms with Crippen LogP contribution in [0.4, 0.5) is 0 Å². The average Bonchev–Trinajstić information content (AvgIpc) is 2.65. The number of benzene rings is 2. The molecule has 0 unspecified atom stereocenters. The van der Waals surface area contributed by atoms with Gasteiger partial charge >= 0.3 is 5.97 Å². The van der Waals surface area contributed by atoms with Crippen molar-refractivity contribution in [2.24, 2.45) is 0 Å². The van der Waals surface area contributed by atoms with E-state index >= 15 is 0 Å². The number of halogens is 1. The Bertz CT molecular complexity index is 941. The molecule has 0 radical (unpaired) electrons. The van der Waals surface area contributed by atoms with E-state index in [1.54, 1.807) is 18.2 Å². The second kappa shape index (κ2) is 9.12. The van der Waals surface area contributed by atoms with Gasteiger partial charge in [0.2, 0.25) is 10.0 Å². The molecule has 0 aromatic heterocycles. The largest absolute Gasteiger partial charge is 0.496 e. The first kappa shape index (κ1) is 21.1. The number of sulfonamides is 1. The molecule has 0 spiro atoms. The fraction of sp³-hybridized carbons (Fsp3) is 0.222. The predicted octanol–water partition coefficient (Wildman–Crippen LogP) is 2.68. The van der Waals surface area contributed by atoms with Gasteiger partial charge in [0.05, 0.1) is 12.0 Å². The van der Waals surface area contributed by atoms with Crippen molar-refractivity contribution in [3.05, 3.63) is 58.1 Å². The van der Waals surface area contributed by atoms with Crippen LogP contribution in [0.1, 0.15) is 22.8 Å². The first-order valence-corrected chi connectivity index (χ1v) is 10.1. The second-order valence-electron chi connectivity index (χ2n) is 5.52. The molecule has 0 aliphatic rings. The summed E-state index contributed by atoms with van der Waals surface area (Å²) in [6, 6.07) is 10.7. The molecule has 0 saturated carbocycles. The van der Waals surface area contributed by atoms with Crippen LogP contribution in [-0.4, -0.2) is 33.8 Å². The van der Waals surface area contributed by atoms with E-state index in [-0.39, 0.29) is 17.3 Å². The van der Waals surface area contributed by atoms with E-state index in [4.69, 9.17) is 9.47 Å². The van der Waals surface area contributed by atoms with Gasteiger partial charge in [-0.1, -0.05) is 28.1 Å². The highest BCUT2D eigenvalue weighted by atomic mass is 79.9. The summed E-state index contributed by atoms with van der Waals surface area (Å²) in [6.07, 6.45) is 0. The van der Waals surface area contributed by atoms with Gasteiger partial charge in [-0.2, -0.15) is 4.72 Å². The number of hydrogen-bond acceptors (Lipinski definition) is 6. The molecular weight excluding hydrogens is 438 g/mol. The molecule has 2 aromatic rings. The first-order chi connectivity index (χ1) is 12.7. The van der Waals surface area contributed by atoms with Crippen LogP contribution >= 0.6 is 15.9 Å². The van der Waals surface area contributed by atoms with Crippen LogP contribution < -0.4 is 9.46 Å². The molecule has 0 fully saturated rings. The van der Waals surface area contributed by atoms with Crippen LogP contribution in [0.5, 0.6) is 5.75 Å². The van der Waals surface area contributed by atoms with E-state index in [2.05, 4.69) is 20.7 Å². The van der Waals surface area contributed by atoms with Crippen LogP contribution in [0.2, 0.25) is 0 Å². The van der Waals surface area contributed by atoms with Gasteiger partial charge < -0.3 is 9.47 Å². The highest BCUT2D eigenvalue weighted by Crippen LogP contribution is 2.23. The quantitative estimate of drug-likeness (QED) is 0.485. The number of carbonyl (C=O) groups is 2. The third-order valence-electron chi connectivity index (χ3n) is 3.61. The van der Waals surface area contributed by atoms with Crippen molar-refractivity contribution in [3.8, 4) is 5.75 Å². The molecule has 0 heterocycles. The third-order valence-corrected chi connectivity index (χ3v) is 5.52. The standard InChI is InChI=1S/C18H18BrNO6S/c1-12(21)13-3-6-16(7-4-13)27(23,24)20-10-18(22)26-11-14-9-15(19)5-8-17(14)25-2/h3-9,20H,10-11H2,1-2H3. The lowest BCUT2D eigenvalue weighted by Gasteiger charge is -2.11. The molecule has 27 heavy (non-hydrogen) atoms. The smallest absolute Gasteiger partial charge is 0.321 e. The summed E-state index contributed by atoms with van der Waals surface area (Å²) in [7, 11) is -2.39. The maximum absolute atomic E-state index is 12.2. The molecule has 2 aromatic carbocycles. The van der Waals surface area contributed by atoms with Crippen molar-refractivity contribution in [2.45, 2.75) is 18.4 Å². The Labute approximate surface area is 165 Å². The summed E-state index contributed by atoms with van der Waals surface area (Å²) in [5.41, 5.74) is 1.04. The molecular formula is C18H18BrNO6S. The number of esters is 1. The fourth-order valence-electron chi connectivity index (χ4n) is 2.18. The van der Waals surface area contributed by atoms with Crippen LogP contribution in [0.15, 0.2) is 51.8 Å². The topological polar surface area (TPSA) is 98.8 Å². The van der Waals surface area contributed by atoms with Crippen molar-refractivity contribution < 1.29 is 27.5 Å². The summed E-state index contributed by atoms with van der Waals surface area (Å²) in [5, 5.41) is 0. The zero-order chi connectivity index (χ0) is 20.0. The lowest BCUT2D eigenvalue weighted by atomic mass is 10.2. The fourth-order valence-corrected chi connectivity index (χ4v) is 3.55. The van der Waals surface area contributed by atoms with Gasteiger partial charge in [0, 0.05) is 15.6 Å². The highest BCUT2D eigenvalue weighted by molar-refractivity contribution is 9.10. The van der Waals surface area contributed by atoms with Gasteiger partial charge in [-0.15, -0.1) is 0 Å².